The summed E-state index contributed by atoms with van der Waals surface area (Å²) in [6.45, 7) is 0.182. The third-order valence-electron chi connectivity index (χ3n) is 2.67. The van der Waals surface area contributed by atoms with Crippen LogP contribution in [0.2, 0.25) is 0 Å². The van der Waals surface area contributed by atoms with E-state index >= 15 is 0 Å². The lowest BCUT2D eigenvalue weighted by Gasteiger charge is -2.10. The number of hydrogen-bond donors (Lipinski definition) is 2. The van der Waals surface area contributed by atoms with Crippen LogP contribution in [0, 0.1) is 0 Å². The van der Waals surface area contributed by atoms with Crippen LogP contribution in [0.15, 0.2) is 36.4 Å². The molecule has 17 heavy (non-hydrogen) atoms. The van der Waals surface area contributed by atoms with Gasteiger partial charge in [-0.2, -0.15) is 0 Å². The van der Waals surface area contributed by atoms with Crippen molar-refractivity contribution in [3.8, 4) is 0 Å². The Morgan fingerprint density at radius 2 is 1.94 bits per heavy atom. The zero-order valence-electron chi connectivity index (χ0n) is 9.54. The molecule has 0 amide bonds. The van der Waals surface area contributed by atoms with E-state index in [9.17, 15) is 0 Å². The lowest BCUT2D eigenvalue weighted by molar-refractivity contribution is 0.279. The minimum absolute atomic E-state index is 0. The van der Waals surface area contributed by atoms with Gasteiger partial charge in [0, 0.05) is 18.0 Å². The van der Waals surface area contributed by atoms with Gasteiger partial charge < -0.3 is 10.8 Å². The van der Waals surface area contributed by atoms with Crippen molar-refractivity contribution in [2.24, 2.45) is 5.73 Å². The molecule has 0 bridgehead atoms. The number of fused-ring (bicyclic) bond motifs is 1. The minimum atomic E-state index is -0.0863. The summed E-state index contributed by atoms with van der Waals surface area (Å²) in [4.78, 5) is 4.52. The first-order valence-electron chi connectivity index (χ1n) is 5.53. The van der Waals surface area contributed by atoms with E-state index < -0.39 is 0 Å². The van der Waals surface area contributed by atoms with Crippen LogP contribution in [-0.2, 0) is 0 Å². The van der Waals surface area contributed by atoms with Crippen LogP contribution >= 0.6 is 12.4 Å². The molecule has 1 heterocycles. The quantitative estimate of drug-likeness (QED) is 0.879. The van der Waals surface area contributed by atoms with Crippen molar-refractivity contribution < 1.29 is 5.11 Å². The van der Waals surface area contributed by atoms with Gasteiger partial charge in [-0.25, -0.2) is 0 Å². The van der Waals surface area contributed by atoms with E-state index in [2.05, 4.69) is 4.98 Å². The highest BCUT2D eigenvalue weighted by Gasteiger charge is 2.07. The number of aromatic nitrogens is 1. The highest BCUT2D eigenvalue weighted by atomic mass is 35.5. The van der Waals surface area contributed by atoms with Crippen molar-refractivity contribution in [2.45, 2.75) is 18.9 Å². The van der Waals surface area contributed by atoms with Gasteiger partial charge in [0.25, 0.3) is 0 Å². The minimum Gasteiger partial charge on any atom is -0.396 e. The molecule has 0 fully saturated rings. The molecule has 0 aliphatic rings. The van der Waals surface area contributed by atoms with E-state index in [1.165, 1.54) is 0 Å². The summed E-state index contributed by atoms with van der Waals surface area (Å²) in [5.41, 5.74) is 7.87. The maximum absolute atomic E-state index is 8.76. The van der Waals surface area contributed by atoms with Gasteiger partial charge in [0.2, 0.25) is 0 Å². The number of pyridine rings is 1. The largest absolute Gasteiger partial charge is 0.396 e. The first kappa shape index (κ1) is 13.9. The maximum Gasteiger partial charge on any atom is 0.0706 e. The second kappa shape index (κ2) is 6.55. The summed E-state index contributed by atoms with van der Waals surface area (Å²) in [5, 5.41) is 9.88. The maximum atomic E-state index is 8.76. The van der Waals surface area contributed by atoms with Crippen LogP contribution in [0.3, 0.4) is 0 Å². The molecule has 1 aromatic heterocycles. The van der Waals surface area contributed by atoms with E-state index in [0.717, 1.165) is 29.4 Å². The van der Waals surface area contributed by atoms with Crippen molar-refractivity contribution >= 4 is 23.3 Å². The van der Waals surface area contributed by atoms with Gasteiger partial charge >= 0.3 is 0 Å². The molecule has 0 aliphatic heterocycles. The number of aliphatic hydroxyl groups is 1. The number of nitrogens with two attached hydrogens (primary N) is 1. The Hall–Kier alpha value is -1.16. The van der Waals surface area contributed by atoms with Crippen LogP contribution in [-0.4, -0.2) is 16.7 Å². The van der Waals surface area contributed by atoms with Gasteiger partial charge in [0.05, 0.1) is 11.2 Å². The molecule has 0 radical (unpaired) electrons. The molecule has 0 spiro atoms. The monoisotopic (exact) mass is 252 g/mol. The fraction of sp³-hybridized carbons (Fsp3) is 0.308. The Morgan fingerprint density at radius 3 is 2.71 bits per heavy atom. The molecule has 0 saturated carbocycles. The summed E-state index contributed by atoms with van der Waals surface area (Å²) in [5.74, 6) is 0. The highest BCUT2D eigenvalue weighted by molar-refractivity contribution is 5.85. The number of halogens is 1. The zero-order chi connectivity index (χ0) is 11.4. The molecular formula is C13H17ClN2O. The molecule has 0 aliphatic carbocycles. The topological polar surface area (TPSA) is 59.1 Å². The lowest BCUT2D eigenvalue weighted by atomic mass is 10.1. The number of para-hydroxylation sites is 1. The summed E-state index contributed by atoms with van der Waals surface area (Å²) in [7, 11) is 0. The van der Waals surface area contributed by atoms with Crippen LogP contribution in [0.25, 0.3) is 10.9 Å². The van der Waals surface area contributed by atoms with E-state index in [1.54, 1.807) is 0 Å². The van der Waals surface area contributed by atoms with Gasteiger partial charge in [-0.3, -0.25) is 4.98 Å². The number of hydrogen-bond acceptors (Lipinski definition) is 3. The highest BCUT2D eigenvalue weighted by Crippen LogP contribution is 2.17. The molecule has 1 atom stereocenters. The predicted octanol–water partition coefficient (Wildman–Crippen LogP) is 2.43. The second-order valence-corrected chi connectivity index (χ2v) is 3.90. The molecule has 1 aromatic carbocycles. The van der Waals surface area contributed by atoms with Crippen molar-refractivity contribution in [3.05, 3.63) is 42.1 Å². The standard InChI is InChI=1S/C13H16N2O.ClH/c14-11(5-3-9-16)13-8-7-10-4-1-2-6-12(10)15-13;/h1-2,4,6-8,11,16H,3,5,9,14H2;1H/t11-;/m0./s1. The molecule has 3 N–H and O–H groups in total. The number of nitrogens with zero attached hydrogens (tertiary/aromatic N) is 1. The average Bonchev–Trinajstić information content (AvgIpc) is 2.35. The van der Waals surface area contributed by atoms with Crippen LogP contribution < -0.4 is 5.73 Å². The predicted molar refractivity (Wildman–Crippen MR) is 72.2 cm³/mol. The van der Waals surface area contributed by atoms with Gasteiger partial charge in [-0.1, -0.05) is 24.3 Å². The smallest absolute Gasteiger partial charge is 0.0706 e. The lowest BCUT2D eigenvalue weighted by Crippen LogP contribution is -2.12. The third kappa shape index (κ3) is 3.40. The first-order chi connectivity index (χ1) is 7.81. The zero-order valence-corrected chi connectivity index (χ0v) is 10.4. The SMILES string of the molecule is Cl.N[C@@H](CCCO)c1ccc2ccccc2n1. The second-order valence-electron chi connectivity index (χ2n) is 3.90. The van der Waals surface area contributed by atoms with Crippen LogP contribution in [0.5, 0.6) is 0 Å². The van der Waals surface area contributed by atoms with Gasteiger partial charge in [-0.15, -0.1) is 12.4 Å². The van der Waals surface area contributed by atoms with Gasteiger partial charge in [0.1, 0.15) is 0 Å². The number of aliphatic hydroxyl groups excluding tert-OH is 1. The summed E-state index contributed by atoms with van der Waals surface area (Å²) in [6, 6.07) is 11.9. The Kier molecular flexibility index (Phi) is 5.35. The van der Waals surface area contributed by atoms with Gasteiger partial charge in [0.15, 0.2) is 0 Å². The molecular weight excluding hydrogens is 236 g/mol. The molecule has 0 unspecified atom stereocenters. The Bertz CT molecular complexity index is 476. The summed E-state index contributed by atoms with van der Waals surface area (Å²) in [6.07, 6.45) is 1.48. The Balaban J connectivity index is 0.00000144. The van der Waals surface area contributed by atoms with Crippen molar-refractivity contribution in [2.75, 3.05) is 6.61 Å². The van der Waals surface area contributed by atoms with E-state index in [4.69, 9.17) is 10.8 Å². The molecule has 0 saturated heterocycles. The third-order valence-corrected chi connectivity index (χ3v) is 2.67. The van der Waals surface area contributed by atoms with Crippen molar-refractivity contribution in [3.63, 3.8) is 0 Å². The molecule has 2 aromatic rings. The average molecular weight is 253 g/mol. The van der Waals surface area contributed by atoms with Crippen LogP contribution in [0.4, 0.5) is 0 Å². The fourth-order valence-electron chi connectivity index (χ4n) is 1.75. The van der Waals surface area contributed by atoms with Crippen molar-refractivity contribution in [1.82, 2.24) is 4.98 Å². The number of benzene rings is 1. The Morgan fingerprint density at radius 1 is 1.18 bits per heavy atom. The fourth-order valence-corrected chi connectivity index (χ4v) is 1.75. The molecule has 4 heteroatoms. The Labute approximate surface area is 107 Å². The van der Waals surface area contributed by atoms with Gasteiger partial charge in [-0.05, 0) is 25.0 Å². The summed E-state index contributed by atoms with van der Waals surface area (Å²) >= 11 is 0. The first-order valence-corrected chi connectivity index (χ1v) is 5.53. The molecule has 3 nitrogen and oxygen atoms in total. The number of rotatable bonds is 4. The molecule has 2 rings (SSSR count). The van der Waals surface area contributed by atoms with Crippen LogP contribution in [0.1, 0.15) is 24.6 Å². The van der Waals surface area contributed by atoms with E-state index in [1.807, 2.05) is 36.4 Å². The van der Waals surface area contributed by atoms with E-state index in [0.29, 0.717) is 0 Å². The van der Waals surface area contributed by atoms with E-state index in [-0.39, 0.29) is 25.1 Å². The van der Waals surface area contributed by atoms with Crippen molar-refractivity contribution in [1.29, 1.82) is 0 Å². The molecule has 92 valence electrons. The normalized spacial score (nSPS) is 12.1. The summed E-state index contributed by atoms with van der Waals surface area (Å²) < 4.78 is 0.